The van der Waals surface area contributed by atoms with Crippen molar-refractivity contribution in [1.82, 2.24) is 9.88 Å². The fraction of sp³-hybridized carbons (Fsp3) is 0.529. The Kier molecular flexibility index (Phi) is 3.78. The molecule has 7 heteroatoms. The Morgan fingerprint density at radius 3 is 2.88 bits per heavy atom. The van der Waals surface area contributed by atoms with E-state index < -0.39 is 11.6 Å². The summed E-state index contributed by atoms with van der Waals surface area (Å²) in [6, 6.07) is 2.48. The molecule has 2 N–H and O–H groups in total. The lowest BCUT2D eigenvalue weighted by Gasteiger charge is -2.49. The number of carbonyl (C=O) groups is 1. The van der Waals surface area contributed by atoms with Crippen LogP contribution in [0.25, 0.3) is 11.1 Å². The number of oxazole rings is 1. The predicted octanol–water partition coefficient (Wildman–Crippen LogP) is 3.45. The van der Waals surface area contributed by atoms with Gasteiger partial charge in [-0.1, -0.05) is 25.7 Å². The van der Waals surface area contributed by atoms with Gasteiger partial charge >= 0.3 is 11.8 Å². The molecule has 1 saturated heterocycles. The molecule has 0 spiro atoms. The first-order chi connectivity index (χ1) is 11.6. The number of nitrogens with zero attached hydrogens (tertiary/aromatic N) is 1. The van der Waals surface area contributed by atoms with E-state index in [1.165, 1.54) is 31.7 Å². The molecule has 2 aromatic rings. The van der Waals surface area contributed by atoms with Gasteiger partial charge in [-0.3, -0.25) is 4.98 Å². The van der Waals surface area contributed by atoms with Crippen LogP contribution in [0.5, 0.6) is 0 Å². The molecule has 2 aliphatic rings. The van der Waals surface area contributed by atoms with Crippen LogP contribution in [-0.4, -0.2) is 28.5 Å². The number of urea groups is 1. The predicted molar refractivity (Wildman–Crippen MR) is 87.5 cm³/mol. The van der Waals surface area contributed by atoms with E-state index >= 15 is 0 Å². The zero-order valence-electron chi connectivity index (χ0n) is 13.3. The van der Waals surface area contributed by atoms with E-state index in [0.29, 0.717) is 5.92 Å². The highest BCUT2D eigenvalue weighted by molar-refractivity contribution is 5.92. The van der Waals surface area contributed by atoms with Crippen LogP contribution in [-0.2, 0) is 0 Å². The van der Waals surface area contributed by atoms with Crippen molar-refractivity contribution < 1.29 is 13.6 Å². The van der Waals surface area contributed by atoms with Crippen LogP contribution in [0, 0.1) is 11.7 Å². The second-order valence-electron chi connectivity index (χ2n) is 6.74. The second kappa shape index (κ2) is 5.96. The number of halogens is 1. The molecule has 2 heterocycles. The number of H-pyrrole nitrogens is 1. The Bertz CT molecular complexity index is 828. The summed E-state index contributed by atoms with van der Waals surface area (Å²) in [5.41, 5.74) is 0.535. The van der Waals surface area contributed by atoms with Gasteiger partial charge in [-0.25, -0.2) is 14.0 Å². The number of hydrogen-bond donors (Lipinski definition) is 2. The fourth-order valence-electron chi connectivity index (χ4n) is 3.90. The van der Waals surface area contributed by atoms with E-state index in [4.69, 9.17) is 4.42 Å². The number of amides is 2. The van der Waals surface area contributed by atoms with E-state index in [1.54, 1.807) is 4.90 Å². The van der Waals surface area contributed by atoms with Gasteiger partial charge in [-0.05, 0) is 18.8 Å². The van der Waals surface area contributed by atoms with Crippen LogP contribution in [0.15, 0.2) is 21.3 Å². The number of anilines is 1. The summed E-state index contributed by atoms with van der Waals surface area (Å²) < 4.78 is 19.0. The number of benzene rings is 1. The van der Waals surface area contributed by atoms with E-state index in [2.05, 4.69) is 10.3 Å². The first-order valence-electron chi connectivity index (χ1n) is 8.52. The lowest BCUT2D eigenvalue weighted by molar-refractivity contribution is 0.0379. The van der Waals surface area contributed by atoms with Crippen molar-refractivity contribution in [2.75, 3.05) is 11.9 Å². The van der Waals surface area contributed by atoms with Gasteiger partial charge in [-0.15, -0.1) is 0 Å². The highest BCUT2D eigenvalue weighted by Crippen LogP contribution is 2.35. The van der Waals surface area contributed by atoms with Crippen molar-refractivity contribution >= 4 is 22.8 Å². The standard InChI is InChI=1S/C17H20FN3O3/c18-11-7-13-15(24-17(23)20-13)8-12(11)19-16(22)21-9-10-5-3-1-2-4-6-14(10)21/h7-8,10,14H,1-6,9H2,(H,19,22)(H,20,23). The molecule has 0 bridgehead atoms. The van der Waals surface area contributed by atoms with Crippen LogP contribution in [0.2, 0.25) is 0 Å². The van der Waals surface area contributed by atoms with Gasteiger partial charge in [-0.2, -0.15) is 0 Å². The number of hydrogen-bond acceptors (Lipinski definition) is 3. The minimum absolute atomic E-state index is 0.0320. The van der Waals surface area contributed by atoms with Gasteiger partial charge < -0.3 is 14.6 Å². The van der Waals surface area contributed by atoms with Gasteiger partial charge in [0.25, 0.3) is 0 Å². The SMILES string of the molecule is O=C(Nc1cc2oc(=O)[nH]c2cc1F)N1CC2CCCCCCC21. The summed E-state index contributed by atoms with van der Waals surface area (Å²) in [6.45, 7) is 0.736. The number of aromatic amines is 1. The molecule has 128 valence electrons. The van der Waals surface area contributed by atoms with Crippen LogP contribution >= 0.6 is 0 Å². The average Bonchev–Trinajstić information content (AvgIpc) is 2.85. The van der Waals surface area contributed by atoms with Gasteiger partial charge in [0.2, 0.25) is 0 Å². The highest BCUT2D eigenvalue weighted by atomic mass is 19.1. The van der Waals surface area contributed by atoms with Crippen molar-refractivity contribution in [2.45, 2.75) is 44.6 Å². The van der Waals surface area contributed by atoms with E-state index in [1.807, 2.05) is 0 Å². The summed E-state index contributed by atoms with van der Waals surface area (Å²) >= 11 is 0. The van der Waals surface area contributed by atoms with E-state index in [-0.39, 0.29) is 28.9 Å². The first kappa shape index (κ1) is 15.2. The molecule has 2 amide bonds. The molecule has 2 unspecified atom stereocenters. The van der Waals surface area contributed by atoms with Crippen LogP contribution in [0.1, 0.15) is 38.5 Å². The Balaban J connectivity index is 1.50. The normalized spacial score (nSPS) is 24.0. The fourth-order valence-corrected chi connectivity index (χ4v) is 3.90. The molecule has 6 nitrogen and oxygen atoms in total. The molecule has 1 saturated carbocycles. The number of aromatic nitrogens is 1. The molecule has 1 aromatic carbocycles. The largest absolute Gasteiger partial charge is 0.417 e. The van der Waals surface area contributed by atoms with Crippen molar-refractivity contribution in [1.29, 1.82) is 0 Å². The third-order valence-corrected chi connectivity index (χ3v) is 5.21. The quantitative estimate of drug-likeness (QED) is 0.839. The molecular weight excluding hydrogens is 313 g/mol. The van der Waals surface area contributed by atoms with Gasteiger partial charge in [0.15, 0.2) is 5.58 Å². The maximum absolute atomic E-state index is 14.1. The maximum atomic E-state index is 14.1. The second-order valence-corrected chi connectivity index (χ2v) is 6.74. The number of carbonyl (C=O) groups excluding carboxylic acids is 1. The Labute approximate surface area is 138 Å². The highest BCUT2D eigenvalue weighted by Gasteiger charge is 2.41. The topological polar surface area (TPSA) is 78.3 Å². The average molecular weight is 333 g/mol. The van der Waals surface area contributed by atoms with E-state index in [9.17, 15) is 14.0 Å². The Hall–Kier alpha value is -2.31. The molecule has 1 aliphatic carbocycles. The Morgan fingerprint density at radius 2 is 2.04 bits per heavy atom. The molecule has 1 aliphatic heterocycles. The van der Waals surface area contributed by atoms with Crippen molar-refractivity contribution in [3.63, 3.8) is 0 Å². The zero-order valence-corrected chi connectivity index (χ0v) is 13.3. The molecule has 4 rings (SSSR count). The maximum Gasteiger partial charge on any atom is 0.417 e. The van der Waals surface area contributed by atoms with Crippen LogP contribution in [0.3, 0.4) is 0 Å². The summed E-state index contributed by atoms with van der Waals surface area (Å²) in [4.78, 5) is 27.9. The lowest BCUT2D eigenvalue weighted by atomic mass is 9.79. The number of rotatable bonds is 1. The molecule has 2 atom stereocenters. The van der Waals surface area contributed by atoms with Crippen molar-refractivity contribution in [3.05, 3.63) is 28.5 Å². The monoisotopic (exact) mass is 333 g/mol. The van der Waals surface area contributed by atoms with Gasteiger partial charge in [0, 0.05) is 24.7 Å². The third-order valence-electron chi connectivity index (χ3n) is 5.21. The lowest BCUT2D eigenvalue weighted by Crippen LogP contribution is -2.59. The summed E-state index contributed by atoms with van der Waals surface area (Å²) in [5.74, 6) is -0.665. The van der Waals surface area contributed by atoms with Crippen molar-refractivity contribution in [3.8, 4) is 0 Å². The summed E-state index contributed by atoms with van der Waals surface area (Å²) in [6.07, 6.45) is 7.06. The molecule has 1 aromatic heterocycles. The minimum Gasteiger partial charge on any atom is -0.408 e. The molecule has 24 heavy (non-hydrogen) atoms. The van der Waals surface area contributed by atoms with Crippen LogP contribution in [0.4, 0.5) is 14.9 Å². The first-order valence-corrected chi connectivity index (χ1v) is 8.52. The number of nitrogens with one attached hydrogen (secondary N) is 2. The van der Waals surface area contributed by atoms with Gasteiger partial charge in [0.1, 0.15) is 5.82 Å². The third kappa shape index (κ3) is 2.68. The molecular formula is C17H20FN3O3. The number of fused-ring (bicyclic) bond motifs is 2. The molecule has 2 fully saturated rings. The number of likely N-dealkylation sites (tertiary alicyclic amines) is 1. The minimum atomic E-state index is -0.645. The zero-order chi connectivity index (χ0) is 16.7. The Morgan fingerprint density at radius 1 is 1.25 bits per heavy atom. The molecule has 0 radical (unpaired) electrons. The van der Waals surface area contributed by atoms with Crippen molar-refractivity contribution in [2.24, 2.45) is 5.92 Å². The smallest absolute Gasteiger partial charge is 0.408 e. The summed E-state index contributed by atoms with van der Waals surface area (Å²) in [5, 5.41) is 2.62. The van der Waals surface area contributed by atoms with Crippen LogP contribution < -0.4 is 11.1 Å². The summed E-state index contributed by atoms with van der Waals surface area (Å²) in [7, 11) is 0. The van der Waals surface area contributed by atoms with E-state index in [0.717, 1.165) is 25.5 Å². The van der Waals surface area contributed by atoms with Gasteiger partial charge in [0.05, 0.1) is 11.2 Å².